The van der Waals surface area contributed by atoms with E-state index >= 15 is 0 Å². The molecule has 0 unspecified atom stereocenters. The number of H-pyrrole nitrogens is 1. The van der Waals surface area contributed by atoms with Gasteiger partial charge in [0, 0.05) is 48.8 Å². The average molecular weight is 460 g/mol. The Balaban J connectivity index is 1.68. The number of morpholine rings is 1. The maximum Gasteiger partial charge on any atom is 0.255 e. The number of carbonyl (C=O) groups is 1. The molecule has 0 spiro atoms. The third-order valence-electron chi connectivity index (χ3n) is 5.50. The van der Waals surface area contributed by atoms with Crippen molar-refractivity contribution in [2.24, 2.45) is 11.5 Å². The zero-order chi connectivity index (χ0) is 23.7. The van der Waals surface area contributed by atoms with E-state index in [9.17, 15) is 4.79 Å². The van der Waals surface area contributed by atoms with Gasteiger partial charge in [-0.25, -0.2) is 4.98 Å². The highest BCUT2D eigenvalue weighted by atomic mass is 16.5. The van der Waals surface area contributed by atoms with Crippen molar-refractivity contribution in [2.75, 3.05) is 31.2 Å². The summed E-state index contributed by atoms with van der Waals surface area (Å²) in [6, 6.07) is 7.54. The van der Waals surface area contributed by atoms with E-state index < -0.39 is 11.7 Å². The summed E-state index contributed by atoms with van der Waals surface area (Å²) in [5.41, 5.74) is 15.7. The van der Waals surface area contributed by atoms with Crippen molar-refractivity contribution in [2.45, 2.75) is 12.7 Å². The molecule has 1 saturated heterocycles. The van der Waals surface area contributed by atoms with Crippen LogP contribution in [-0.4, -0.2) is 63.1 Å². The molecule has 5 rings (SSSR count). The summed E-state index contributed by atoms with van der Waals surface area (Å²) in [7, 11) is 0. The van der Waals surface area contributed by atoms with Gasteiger partial charge in [-0.05, 0) is 36.8 Å². The molecule has 0 aliphatic carbocycles. The number of nitrogens with one attached hydrogen (secondary N) is 2. The number of aromatic nitrogens is 5. The van der Waals surface area contributed by atoms with Crippen LogP contribution >= 0.6 is 0 Å². The van der Waals surface area contributed by atoms with E-state index in [-0.39, 0.29) is 0 Å². The van der Waals surface area contributed by atoms with Crippen LogP contribution in [0, 0.1) is 0 Å². The molecule has 0 radical (unpaired) electrons. The number of nitrogens with two attached hydrogens (primary N) is 2. The number of hydrogen-bond acceptors (Lipinski definition) is 9. The van der Waals surface area contributed by atoms with Gasteiger partial charge in [0.15, 0.2) is 0 Å². The number of fused-ring (bicyclic) bond motifs is 1. The Bertz CT molecular complexity index is 1330. The second kappa shape index (κ2) is 8.78. The number of anilines is 1. The summed E-state index contributed by atoms with van der Waals surface area (Å²) in [5.74, 6) is -0.954. The van der Waals surface area contributed by atoms with E-state index in [1.807, 2.05) is 18.2 Å². The third kappa shape index (κ3) is 4.44. The van der Waals surface area contributed by atoms with Crippen molar-refractivity contribution in [1.29, 1.82) is 0 Å². The molecular weight excluding hydrogens is 434 g/mol. The molecule has 0 bridgehead atoms. The average Bonchev–Trinajstić information content (AvgIpc) is 3.37. The predicted molar refractivity (Wildman–Crippen MR) is 128 cm³/mol. The summed E-state index contributed by atoms with van der Waals surface area (Å²) in [6.45, 7) is 4.22. The molecule has 1 amide bonds. The Morgan fingerprint density at radius 2 is 2.00 bits per heavy atom. The van der Waals surface area contributed by atoms with Crippen LogP contribution in [0.15, 0.2) is 49.1 Å². The van der Waals surface area contributed by atoms with E-state index in [2.05, 4.69) is 30.4 Å². The van der Waals surface area contributed by atoms with Crippen LogP contribution in [0.4, 0.5) is 5.82 Å². The number of pyridine rings is 3. The second-order valence-corrected chi connectivity index (χ2v) is 8.35. The summed E-state index contributed by atoms with van der Waals surface area (Å²) in [6.07, 6.45) is 6.61. The molecule has 1 aliphatic heterocycles. The van der Waals surface area contributed by atoms with E-state index in [0.717, 1.165) is 46.6 Å². The van der Waals surface area contributed by atoms with Gasteiger partial charge in [-0.1, -0.05) is 0 Å². The Kier molecular flexibility index (Phi) is 5.65. The van der Waals surface area contributed by atoms with Gasteiger partial charge in [0.1, 0.15) is 22.8 Å². The summed E-state index contributed by atoms with van der Waals surface area (Å²) < 4.78 is 5.52. The van der Waals surface area contributed by atoms with Gasteiger partial charge in [-0.3, -0.25) is 31.3 Å². The van der Waals surface area contributed by atoms with Gasteiger partial charge in [0.05, 0.1) is 24.5 Å². The molecule has 0 aromatic carbocycles. The Morgan fingerprint density at radius 1 is 1.18 bits per heavy atom. The van der Waals surface area contributed by atoms with Crippen LogP contribution in [0.3, 0.4) is 0 Å². The molecule has 0 atom stereocenters. The Hall–Kier alpha value is -3.93. The Morgan fingerprint density at radius 3 is 2.74 bits per heavy atom. The van der Waals surface area contributed by atoms with Crippen LogP contribution in [0.25, 0.3) is 33.4 Å². The first-order chi connectivity index (χ1) is 16.4. The molecule has 0 saturated carbocycles. The monoisotopic (exact) mass is 459 g/mol. The van der Waals surface area contributed by atoms with Gasteiger partial charge < -0.3 is 15.0 Å². The molecule has 4 aromatic heterocycles. The smallest absolute Gasteiger partial charge is 0.255 e. The van der Waals surface area contributed by atoms with Crippen LogP contribution < -0.4 is 21.7 Å². The van der Waals surface area contributed by atoms with Crippen molar-refractivity contribution in [3.8, 4) is 22.5 Å². The largest absolute Gasteiger partial charge is 0.378 e. The highest BCUT2D eigenvalue weighted by Gasteiger charge is 2.21. The van der Waals surface area contributed by atoms with E-state index in [0.29, 0.717) is 24.5 Å². The quantitative estimate of drug-likeness (QED) is 0.322. The summed E-state index contributed by atoms with van der Waals surface area (Å²) in [4.78, 5) is 28.7. The molecule has 11 nitrogen and oxygen atoms in total. The molecule has 6 N–H and O–H groups in total. The van der Waals surface area contributed by atoms with Gasteiger partial charge in [0.25, 0.3) is 5.91 Å². The van der Waals surface area contributed by atoms with Gasteiger partial charge in [-0.2, -0.15) is 5.10 Å². The number of nitrogens with zero attached hydrogens (tertiary/aromatic N) is 5. The highest BCUT2D eigenvalue weighted by molar-refractivity contribution is 6.02. The predicted octanol–water partition coefficient (Wildman–Crippen LogP) is 1.24. The normalized spacial score (nSPS) is 14.4. The van der Waals surface area contributed by atoms with Crippen LogP contribution in [0.5, 0.6) is 0 Å². The third-order valence-corrected chi connectivity index (χ3v) is 5.50. The second-order valence-electron chi connectivity index (χ2n) is 8.35. The lowest BCUT2D eigenvalue weighted by atomic mass is 10.00. The van der Waals surface area contributed by atoms with Crippen molar-refractivity contribution in [1.82, 2.24) is 30.5 Å². The molecule has 4 aromatic rings. The first kappa shape index (κ1) is 21.9. The van der Waals surface area contributed by atoms with Crippen LogP contribution in [-0.2, 0) is 4.74 Å². The number of hydrogen-bond donors (Lipinski definition) is 4. The fourth-order valence-corrected chi connectivity index (χ4v) is 3.94. The van der Waals surface area contributed by atoms with Crippen molar-refractivity contribution >= 4 is 22.6 Å². The maximum absolute atomic E-state index is 12.7. The lowest BCUT2D eigenvalue weighted by Gasteiger charge is -2.28. The number of amides is 1. The minimum Gasteiger partial charge on any atom is -0.378 e. The fourth-order valence-electron chi connectivity index (χ4n) is 3.94. The van der Waals surface area contributed by atoms with Crippen molar-refractivity contribution < 1.29 is 9.53 Å². The minimum atomic E-state index is -1.34. The van der Waals surface area contributed by atoms with Gasteiger partial charge in [0.2, 0.25) is 0 Å². The summed E-state index contributed by atoms with van der Waals surface area (Å²) in [5, 5.41) is 10.5. The molecule has 174 valence electrons. The van der Waals surface area contributed by atoms with E-state index in [1.54, 1.807) is 24.7 Å². The Labute approximate surface area is 195 Å². The topological polar surface area (TPSA) is 161 Å². The molecule has 1 fully saturated rings. The molecule has 5 heterocycles. The van der Waals surface area contributed by atoms with E-state index in [1.165, 1.54) is 13.1 Å². The van der Waals surface area contributed by atoms with E-state index in [4.69, 9.17) is 21.2 Å². The van der Waals surface area contributed by atoms with Crippen molar-refractivity contribution in [3.05, 3.63) is 54.6 Å². The zero-order valence-corrected chi connectivity index (χ0v) is 18.7. The SMILES string of the molecule is CC(N)(N)NC(=O)c1cncc(-c2cc(N3CCOCC3)nc3c(-c4ccn[nH]4)nccc23)c1. The molecule has 11 heteroatoms. The maximum atomic E-state index is 12.7. The lowest BCUT2D eigenvalue weighted by Crippen LogP contribution is -2.60. The molecular formula is C23H25N9O2. The van der Waals surface area contributed by atoms with Crippen LogP contribution in [0.1, 0.15) is 17.3 Å². The lowest BCUT2D eigenvalue weighted by molar-refractivity contribution is 0.0910. The van der Waals surface area contributed by atoms with Gasteiger partial charge in [-0.15, -0.1) is 0 Å². The first-order valence-electron chi connectivity index (χ1n) is 10.9. The molecule has 1 aliphatic rings. The molecule has 34 heavy (non-hydrogen) atoms. The highest BCUT2D eigenvalue weighted by Crippen LogP contribution is 2.35. The van der Waals surface area contributed by atoms with Crippen LogP contribution in [0.2, 0.25) is 0 Å². The summed E-state index contributed by atoms with van der Waals surface area (Å²) >= 11 is 0. The van der Waals surface area contributed by atoms with Gasteiger partial charge >= 0.3 is 0 Å². The standard InChI is InChI=1S/C23H25N9O2/c1-23(24,25)30-22(33)15-10-14(12-26-13-15)17-11-19(32-6-8-34-9-7-32)29-20-16(17)2-4-27-21(20)18-3-5-28-31-18/h2-5,10-13H,6-9,24-25H2,1H3,(H,28,31)(H,30,33). The zero-order valence-electron chi connectivity index (χ0n) is 18.7. The number of aromatic amines is 1. The minimum absolute atomic E-state index is 0.348. The van der Waals surface area contributed by atoms with Crippen molar-refractivity contribution in [3.63, 3.8) is 0 Å². The first-order valence-corrected chi connectivity index (χ1v) is 10.9. The number of rotatable bonds is 5. The fraction of sp³-hybridized carbons (Fsp3) is 0.261. The number of ether oxygens (including phenoxy) is 1. The number of carbonyl (C=O) groups excluding carboxylic acids is 1.